The summed E-state index contributed by atoms with van der Waals surface area (Å²) in [6, 6.07) is -2.06. The lowest BCUT2D eigenvalue weighted by atomic mass is 10.1. The van der Waals surface area contributed by atoms with Gasteiger partial charge in [-0.2, -0.15) is 11.8 Å². The first kappa shape index (κ1) is 39.0. The van der Waals surface area contributed by atoms with E-state index in [1.165, 1.54) is 57.4 Å². The van der Waals surface area contributed by atoms with Gasteiger partial charge in [-0.3, -0.25) is 9.59 Å². The van der Waals surface area contributed by atoms with Crippen molar-refractivity contribution in [1.82, 2.24) is 10.6 Å². The van der Waals surface area contributed by atoms with Crippen molar-refractivity contribution < 1.29 is 38.1 Å². The van der Waals surface area contributed by atoms with Gasteiger partial charge in [0.15, 0.2) is 6.04 Å². The average Bonchev–Trinajstić information content (AvgIpc) is 2.87. The second-order valence-corrected chi connectivity index (χ2v) is 13.2. The molecule has 0 saturated heterocycles. The summed E-state index contributed by atoms with van der Waals surface area (Å²) in [4.78, 5) is 49.8. The summed E-state index contributed by atoms with van der Waals surface area (Å²) in [5.41, 5.74) is -1.29. The number of methoxy groups -OCH3 is 1. The predicted octanol–water partition coefficient (Wildman–Crippen LogP) is 5.55. The van der Waals surface area contributed by atoms with Crippen LogP contribution in [0.25, 0.3) is 0 Å². The van der Waals surface area contributed by atoms with E-state index in [4.69, 9.17) is 18.9 Å². The second-order valence-electron chi connectivity index (χ2n) is 12.1. The van der Waals surface area contributed by atoms with E-state index in [1.54, 1.807) is 20.8 Å². The second kappa shape index (κ2) is 21.7. The van der Waals surface area contributed by atoms with Gasteiger partial charge in [-0.25, -0.2) is 9.59 Å². The van der Waals surface area contributed by atoms with Crippen LogP contribution < -0.4 is 10.6 Å². The van der Waals surface area contributed by atoms with Crippen molar-refractivity contribution in [3.63, 3.8) is 0 Å². The summed E-state index contributed by atoms with van der Waals surface area (Å²) in [6.07, 6.45) is 10.3. The van der Waals surface area contributed by atoms with Crippen LogP contribution in [0.3, 0.4) is 0 Å². The Balaban J connectivity index is 4.69. The number of amides is 2. The Morgan fingerprint density at radius 2 is 1.37 bits per heavy atom. The molecule has 240 valence electrons. The van der Waals surface area contributed by atoms with Crippen molar-refractivity contribution in [2.45, 2.75) is 136 Å². The van der Waals surface area contributed by atoms with E-state index in [0.717, 1.165) is 19.3 Å². The molecule has 0 rings (SSSR count). The summed E-state index contributed by atoms with van der Waals surface area (Å²) in [7, 11) is 1.22. The molecule has 0 aliphatic heterocycles. The van der Waals surface area contributed by atoms with Crippen molar-refractivity contribution in [2.75, 3.05) is 31.8 Å². The fourth-order valence-electron chi connectivity index (χ4n) is 3.62. The third kappa shape index (κ3) is 23.3. The minimum absolute atomic E-state index is 0.0941. The van der Waals surface area contributed by atoms with E-state index in [1.807, 2.05) is 20.8 Å². The molecular weight excluding hydrogens is 548 g/mol. The van der Waals surface area contributed by atoms with E-state index in [9.17, 15) is 19.2 Å². The van der Waals surface area contributed by atoms with Crippen molar-refractivity contribution >= 4 is 35.7 Å². The van der Waals surface area contributed by atoms with Gasteiger partial charge in [-0.05, 0) is 48.0 Å². The molecule has 0 saturated carbocycles. The molecule has 0 fully saturated rings. The number of hydrogen-bond donors (Lipinski definition) is 2. The highest BCUT2D eigenvalue weighted by atomic mass is 32.2. The van der Waals surface area contributed by atoms with Gasteiger partial charge in [0.1, 0.15) is 18.2 Å². The molecule has 0 aliphatic carbocycles. The van der Waals surface area contributed by atoms with Gasteiger partial charge in [0.25, 0.3) is 0 Å². The van der Waals surface area contributed by atoms with E-state index in [0.29, 0.717) is 12.2 Å². The number of carbonyl (C=O) groups excluding carboxylic acids is 4. The van der Waals surface area contributed by atoms with Crippen molar-refractivity contribution in [2.24, 2.45) is 0 Å². The minimum Gasteiger partial charge on any atom is -0.467 e. The monoisotopic (exact) mass is 604 g/mol. The summed E-state index contributed by atoms with van der Waals surface area (Å²) in [5.74, 6) is -0.857. The van der Waals surface area contributed by atoms with Gasteiger partial charge in [0, 0.05) is 17.9 Å². The number of esters is 2. The zero-order valence-electron chi connectivity index (χ0n) is 26.7. The number of rotatable bonds is 21. The summed E-state index contributed by atoms with van der Waals surface area (Å²) >= 11 is 1.34. The van der Waals surface area contributed by atoms with Crippen LogP contribution in [0.5, 0.6) is 0 Å². The molecule has 0 aromatic heterocycles. The molecular formula is C30H56N2O8S. The topological polar surface area (TPSA) is 129 Å². The van der Waals surface area contributed by atoms with Crippen LogP contribution in [0, 0.1) is 0 Å². The molecule has 10 nitrogen and oxygen atoms in total. The standard InChI is InChI=1S/C30H56N2O8S/c1-9-10-11-12-13-14-15-16-17-18-25(33)38-19-20-41-22-24(32-28(36)40-30(5,6)7)26(34)31-23(27(35)37-8)21-39-29(2,3)4/h23-24H,9-22H2,1-8H3,(H,31,34)(H,32,36)/t23-,24-/m0/s1. The van der Waals surface area contributed by atoms with Crippen LogP contribution in [-0.4, -0.2) is 79.1 Å². The molecule has 11 heteroatoms. The maximum absolute atomic E-state index is 13.1. The van der Waals surface area contributed by atoms with Crippen molar-refractivity contribution in [3.8, 4) is 0 Å². The number of nitrogens with one attached hydrogen (secondary N) is 2. The van der Waals surface area contributed by atoms with Crippen LogP contribution >= 0.6 is 11.8 Å². The summed E-state index contributed by atoms with van der Waals surface area (Å²) in [5, 5.41) is 5.18. The van der Waals surface area contributed by atoms with Crippen molar-refractivity contribution in [3.05, 3.63) is 0 Å². The van der Waals surface area contributed by atoms with E-state index in [2.05, 4.69) is 17.6 Å². The maximum atomic E-state index is 13.1. The normalized spacial score (nSPS) is 13.2. The first-order valence-electron chi connectivity index (χ1n) is 14.9. The largest absolute Gasteiger partial charge is 0.467 e. The zero-order valence-corrected chi connectivity index (χ0v) is 27.5. The predicted molar refractivity (Wildman–Crippen MR) is 163 cm³/mol. The maximum Gasteiger partial charge on any atom is 0.408 e. The summed E-state index contributed by atoms with van der Waals surface area (Å²) in [6.45, 7) is 13.0. The van der Waals surface area contributed by atoms with Gasteiger partial charge in [0.05, 0.1) is 19.3 Å². The summed E-state index contributed by atoms with van der Waals surface area (Å²) < 4.78 is 21.1. The van der Waals surface area contributed by atoms with Crippen LogP contribution in [0.2, 0.25) is 0 Å². The van der Waals surface area contributed by atoms with Crippen LogP contribution in [0.1, 0.15) is 113 Å². The highest BCUT2D eigenvalue weighted by molar-refractivity contribution is 7.99. The quantitative estimate of drug-likeness (QED) is 0.0984. The third-order valence-electron chi connectivity index (χ3n) is 5.75. The van der Waals surface area contributed by atoms with E-state index >= 15 is 0 Å². The Morgan fingerprint density at radius 3 is 1.90 bits per heavy atom. The zero-order chi connectivity index (χ0) is 31.3. The number of carbonyl (C=O) groups is 4. The van der Waals surface area contributed by atoms with Gasteiger partial charge < -0.3 is 29.6 Å². The Bertz CT molecular complexity index is 765. The van der Waals surface area contributed by atoms with Gasteiger partial charge in [-0.15, -0.1) is 0 Å². The Kier molecular flexibility index (Phi) is 20.6. The highest BCUT2D eigenvalue weighted by Crippen LogP contribution is 2.12. The molecule has 2 amide bonds. The smallest absolute Gasteiger partial charge is 0.408 e. The van der Waals surface area contributed by atoms with Gasteiger partial charge >= 0.3 is 18.0 Å². The fourth-order valence-corrected chi connectivity index (χ4v) is 4.46. The third-order valence-corrected chi connectivity index (χ3v) is 6.78. The molecule has 0 unspecified atom stereocenters. The molecule has 0 bridgehead atoms. The lowest BCUT2D eigenvalue weighted by Crippen LogP contribution is -2.55. The first-order valence-corrected chi connectivity index (χ1v) is 16.1. The van der Waals surface area contributed by atoms with E-state index < -0.39 is 41.3 Å². The van der Waals surface area contributed by atoms with Crippen LogP contribution in [0.15, 0.2) is 0 Å². The number of alkyl carbamates (subject to hydrolysis) is 1. The highest BCUT2D eigenvalue weighted by Gasteiger charge is 2.30. The first-order chi connectivity index (χ1) is 19.2. The number of ether oxygens (including phenoxy) is 4. The molecule has 0 aromatic carbocycles. The molecule has 0 heterocycles. The molecule has 0 spiro atoms. The van der Waals surface area contributed by atoms with Crippen LogP contribution in [-0.2, 0) is 33.3 Å². The molecule has 0 radical (unpaired) electrons. The number of unbranched alkanes of at least 4 members (excludes halogenated alkanes) is 8. The van der Waals surface area contributed by atoms with Crippen LogP contribution in [0.4, 0.5) is 4.79 Å². The van der Waals surface area contributed by atoms with Crippen molar-refractivity contribution in [1.29, 1.82) is 0 Å². The van der Waals surface area contributed by atoms with E-state index in [-0.39, 0.29) is 24.9 Å². The Morgan fingerprint density at radius 1 is 0.780 bits per heavy atom. The molecule has 2 atom stereocenters. The fraction of sp³-hybridized carbons (Fsp3) is 0.867. The lowest BCUT2D eigenvalue weighted by molar-refractivity contribution is -0.148. The molecule has 0 aliphatic rings. The average molecular weight is 605 g/mol. The van der Waals surface area contributed by atoms with Gasteiger partial charge in [0.2, 0.25) is 5.91 Å². The molecule has 2 N–H and O–H groups in total. The Labute approximate surface area is 252 Å². The molecule has 41 heavy (non-hydrogen) atoms. The SMILES string of the molecule is CCCCCCCCCCCC(=O)OCCSC[C@H](NC(=O)OC(C)(C)C)C(=O)N[C@@H](COC(C)(C)C)C(=O)OC. The minimum atomic E-state index is -1.05. The van der Waals surface area contributed by atoms with Gasteiger partial charge in [-0.1, -0.05) is 58.3 Å². The molecule has 0 aromatic rings. The lowest BCUT2D eigenvalue weighted by Gasteiger charge is -2.26. The Hall–Kier alpha value is -2.01. The number of thioether (sulfide) groups is 1. The number of hydrogen-bond acceptors (Lipinski definition) is 9.